The molecule has 21 heavy (non-hydrogen) atoms. The Labute approximate surface area is 135 Å². The van der Waals surface area contributed by atoms with E-state index >= 15 is 0 Å². The molecule has 0 atom stereocenters. The molecule has 0 bridgehead atoms. The number of hydrogen-bond donors (Lipinski definition) is 1. The van der Waals surface area contributed by atoms with Crippen molar-refractivity contribution in [3.8, 4) is 0 Å². The molecule has 2 aromatic rings. The molecule has 0 saturated heterocycles. The smallest absolute Gasteiger partial charge is 0.284 e. The molecule has 0 saturated carbocycles. The molecule has 1 N–H and O–H groups in total. The molecule has 1 aliphatic rings. The fourth-order valence-electron chi connectivity index (χ4n) is 1.65. The largest absolute Gasteiger partial charge is 0.481 e. The van der Waals surface area contributed by atoms with E-state index in [1.807, 2.05) is 72.8 Å². The van der Waals surface area contributed by atoms with Crippen LogP contribution in [-0.4, -0.2) is 5.11 Å². The summed E-state index contributed by atoms with van der Waals surface area (Å²) >= 11 is 0. The minimum absolute atomic E-state index is 0. The van der Waals surface area contributed by atoms with E-state index in [1.54, 1.807) is 12.2 Å². The first-order chi connectivity index (χ1) is 9.86. The maximum atomic E-state index is 9.57. The Balaban J connectivity index is 0.000000313. The Morgan fingerprint density at radius 3 is 2.10 bits per heavy atom. The van der Waals surface area contributed by atoms with Crippen LogP contribution in [-0.2, 0) is 28.4 Å². The summed E-state index contributed by atoms with van der Waals surface area (Å²) in [5, 5.41) is 9.57. The minimum atomic E-state index is -0.0242. The summed E-state index contributed by atoms with van der Waals surface area (Å²) in [6, 6.07) is 19.7. The topological polar surface area (TPSA) is 29.5 Å². The van der Waals surface area contributed by atoms with Crippen LogP contribution < -0.4 is 0 Å². The zero-order valence-corrected chi connectivity index (χ0v) is 12.6. The van der Waals surface area contributed by atoms with Gasteiger partial charge in [-0.2, -0.15) is 18.2 Å². The second kappa shape index (κ2) is 9.76. The predicted octanol–water partition coefficient (Wildman–Crippen LogP) is 4.50. The van der Waals surface area contributed by atoms with Crippen LogP contribution in [0.25, 0.3) is 0 Å². The monoisotopic (exact) mass is 321 g/mol. The van der Waals surface area contributed by atoms with Crippen LogP contribution in [0, 0.1) is 0 Å². The fraction of sp³-hybridized carbons (Fsp3) is 0.0556. The van der Waals surface area contributed by atoms with Gasteiger partial charge in [0.25, 0.3) is 5.95 Å². The number of aliphatic hydroxyl groups is 1. The van der Waals surface area contributed by atoms with E-state index < -0.39 is 0 Å². The number of benzene rings is 1. The average Bonchev–Trinajstić information content (AvgIpc) is 3.20. The molecule has 0 fully saturated rings. The van der Waals surface area contributed by atoms with Crippen LogP contribution in [0.5, 0.6) is 0 Å². The summed E-state index contributed by atoms with van der Waals surface area (Å²) in [7, 11) is 0. The van der Waals surface area contributed by atoms with Gasteiger partial charge < -0.3 is 9.84 Å². The first-order valence-corrected chi connectivity index (χ1v) is 6.47. The van der Waals surface area contributed by atoms with Crippen molar-refractivity contribution in [3.63, 3.8) is 0 Å². The van der Waals surface area contributed by atoms with Crippen LogP contribution in [0.3, 0.4) is 0 Å². The zero-order valence-electron chi connectivity index (χ0n) is 11.5. The quantitative estimate of drug-likeness (QED) is 0.512. The summed E-state index contributed by atoms with van der Waals surface area (Å²) in [5.41, 5.74) is 1.75. The van der Waals surface area contributed by atoms with Crippen LogP contribution in [0.4, 0.5) is 0 Å². The molecule has 3 heteroatoms. The second-order valence-electron chi connectivity index (χ2n) is 4.22. The number of ether oxygens (including phenoxy) is 1. The van der Waals surface area contributed by atoms with Crippen molar-refractivity contribution in [1.82, 2.24) is 0 Å². The second-order valence-corrected chi connectivity index (χ2v) is 4.22. The summed E-state index contributed by atoms with van der Waals surface area (Å²) in [6.07, 6.45) is 7.33. The van der Waals surface area contributed by atoms with E-state index in [0.717, 1.165) is 5.56 Å². The van der Waals surface area contributed by atoms with E-state index in [0.29, 0.717) is 12.2 Å². The van der Waals surface area contributed by atoms with Crippen molar-refractivity contribution in [2.24, 2.45) is 0 Å². The van der Waals surface area contributed by atoms with Crippen LogP contribution >= 0.6 is 0 Å². The Morgan fingerprint density at radius 1 is 0.952 bits per heavy atom. The van der Waals surface area contributed by atoms with E-state index in [4.69, 9.17) is 4.74 Å². The molecule has 0 unspecified atom stereocenters. The van der Waals surface area contributed by atoms with Gasteiger partial charge >= 0.3 is 0 Å². The molecular weight excluding hydrogens is 304 g/mol. The Morgan fingerprint density at radius 2 is 1.57 bits per heavy atom. The van der Waals surface area contributed by atoms with Gasteiger partial charge in [0, 0.05) is 17.1 Å². The molecular formula is C18H17FeO2-. The SMILES string of the molecule is OC(OCc1ccccc1)=C1C=CC=C1.[Fe].c1cc[cH-]c1. The molecule has 0 spiro atoms. The Bertz CT molecular complexity index is 550. The van der Waals surface area contributed by atoms with Crippen molar-refractivity contribution in [1.29, 1.82) is 0 Å². The van der Waals surface area contributed by atoms with Gasteiger partial charge in [-0.3, -0.25) is 0 Å². The van der Waals surface area contributed by atoms with Crippen LogP contribution in [0.2, 0.25) is 0 Å². The number of rotatable bonds is 3. The molecule has 0 amide bonds. The Hall–Kier alpha value is -2.09. The normalized spacial score (nSPS) is 11.3. The summed E-state index contributed by atoms with van der Waals surface area (Å²) < 4.78 is 5.24. The van der Waals surface area contributed by atoms with Crippen molar-refractivity contribution >= 4 is 0 Å². The molecule has 1 aliphatic carbocycles. The van der Waals surface area contributed by atoms with Gasteiger partial charge in [0.05, 0.1) is 5.57 Å². The number of hydrogen-bond acceptors (Lipinski definition) is 2. The first kappa shape index (κ1) is 17.0. The van der Waals surface area contributed by atoms with Gasteiger partial charge in [-0.25, -0.2) is 12.1 Å². The molecule has 2 nitrogen and oxygen atoms in total. The number of aliphatic hydroxyl groups excluding tert-OH is 1. The first-order valence-electron chi connectivity index (χ1n) is 6.47. The van der Waals surface area contributed by atoms with Crippen LogP contribution in [0.15, 0.2) is 96.5 Å². The predicted molar refractivity (Wildman–Crippen MR) is 81.2 cm³/mol. The van der Waals surface area contributed by atoms with E-state index in [2.05, 4.69) is 0 Å². The van der Waals surface area contributed by atoms with E-state index in [-0.39, 0.29) is 23.0 Å². The van der Waals surface area contributed by atoms with Gasteiger partial charge in [-0.05, 0) is 17.7 Å². The summed E-state index contributed by atoms with van der Waals surface area (Å²) in [6.45, 7) is 0.387. The van der Waals surface area contributed by atoms with Gasteiger partial charge in [0.1, 0.15) is 6.61 Å². The fourth-order valence-corrected chi connectivity index (χ4v) is 1.65. The molecule has 2 aromatic carbocycles. The molecule has 0 aromatic heterocycles. The molecule has 3 rings (SSSR count). The van der Waals surface area contributed by atoms with Crippen molar-refractivity contribution < 1.29 is 26.9 Å². The van der Waals surface area contributed by atoms with Crippen molar-refractivity contribution in [3.05, 3.63) is 102 Å². The minimum Gasteiger partial charge on any atom is -0.481 e. The van der Waals surface area contributed by atoms with Gasteiger partial charge in [-0.1, -0.05) is 42.5 Å². The van der Waals surface area contributed by atoms with Crippen molar-refractivity contribution in [2.45, 2.75) is 6.61 Å². The van der Waals surface area contributed by atoms with Gasteiger partial charge in [0.2, 0.25) is 0 Å². The third-order valence-corrected chi connectivity index (χ3v) is 2.68. The van der Waals surface area contributed by atoms with E-state index in [1.165, 1.54) is 0 Å². The standard InChI is InChI=1S/C13H12O2.C5H5.Fe/c14-13(12-8-4-5-9-12)15-10-11-6-2-1-3-7-11;1-2-4-5-3-1;/h1-9,14H,10H2;1-5H;/q;-1;. The molecule has 0 heterocycles. The zero-order chi connectivity index (χ0) is 14.0. The summed E-state index contributed by atoms with van der Waals surface area (Å²) in [5.74, 6) is -0.0242. The molecule has 0 radical (unpaired) electrons. The average molecular weight is 321 g/mol. The van der Waals surface area contributed by atoms with Gasteiger partial charge in [-0.15, -0.1) is 0 Å². The molecule has 110 valence electrons. The molecule has 0 aliphatic heterocycles. The third kappa shape index (κ3) is 6.26. The third-order valence-electron chi connectivity index (χ3n) is 2.68. The Kier molecular flexibility index (Phi) is 7.88. The number of allylic oxidation sites excluding steroid dienone is 5. The maximum absolute atomic E-state index is 9.57. The van der Waals surface area contributed by atoms with Gasteiger partial charge in [0.15, 0.2) is 0 Å². The van der Waals surface area contributed by atoms with E-state index in [9.17, 15) is 5.11 Å². The van der Waals surface area contributed by atoms with Crippen molar-refractivity contribution in [2.75, 3.05) is 0 Å². The maximum Gasteiger partial charge on any atom is 0.284 e. The van der Waals surface area contributed by atoms with Crippen LogP contribution in [0.1, 0.15) is 5.56 Å². The summed E-state index contributed by atoms with van der Waals surface area (Å²) in [4.78, 5) is 0.